The lowest BCUT2D eigenvalue weighted by Crippen LogP contribution is -2.39. The van der Waals surface area contributed by atoms with E-state index < -0.39 is 5.66 Å². The largest absolute Gasteiger partial charge is 0.491 e. The van der Waals surface area contributed by atoms with Crippen molar-refractivity contribution < 1.29 is 14.2 Å². The Balaban J connectivity index is 1.44. The van der Waals surface area contributed by atoms with Crippen LogP contribution in [0.1, 0.15) is 16.7 Å². The first-order valence-electron chi connectivity index (χ1n) is 10.5. The number of rotatable bonds is 7. The van der Waals surface area contributed by atoms with Crippen LogP contribution in [0.2, 0.25) is 0 Å². The Kier molecular flexibility index (Phi) is 5.72. The lowest BCUT2D eigenvalue weighted by Gasteiger charge is -2.32. The third-order valence-electron chi connectivity index (χ3n) is 5.59. The molecule has 0 saturated heterocycles. The molecule has 3 aromatic carbocycles. The van der Waals surface area contributed by atoms with E-state index in [0.29, 0.717) is 13.2 Å². The van der Waals surface area contributed by atoms with E-state index in [4.69, 9.17) is 19.9 Å². The number of methoxy groups -OCH3 is 1. The van der Waals surface area contributed by atoms with Crippen molar-refractivity contribution in [3.05, 3.63) is 76.8 Å². The summed E-state index contributed by atoms with van der Waals surface area (Å²) in [6.45, 7) is 2.98. The molecule has 0 spiro atoms. The van der Waals surface area contributed by atoms with E-state index in [0.717, 1.165) is 49.8 Å². The summed E-state index contributed by atoms with van der Waals surface area (Å²) in [6.07, 6.45) is 1.64. The molecule has 1 atom stereocenters. The Hall–Kier alpha value is -3.46. The zero-order valence-corrected chi connectivity index (χ0v) is 19.2. The summed E-state index contributed by atoms with van der Waals surface area (Å²) in [5.41, 5.74) is 12.2. The number of nitrogens with zero attached hydrogens (tertiary/aromatic N) is 2. The smallest absolute Gasteiger partial charge is 0.163 e. The monoisotopic (exact) mass is 460 g/mol. The number of nitrogens with one attached hydrogen (secondary N) is 1. The van der Waals surface area contributed by atoms with Crippen molar-refractivity contribution in [3.8, 4) is 17.2 Å². The number of fused-ring (bicyclic) bond motifs is 2. The Morgan fingerprint density at radius 1 is 1.03 bits per heavy atom. The van der Waals surface area contributed by atoms with Gasteiger partial charge in [0.15, 0.2) is 5.66 Å². The Bertz CT molecular complexity index is 1340. The van der Waals surface area contributed by atoms with Gasteiger partial charge in [-0.25, -0.2) is 9.98 Å². The predicted molar refractivity (Wildman–Crippen MR) is 132 cm³/mol. The number of thiazole rings is 1. The third-order valence-corrected chi connectivity index (χ3v) is 6.38. The number of aliphatic imine (C=N–C) groups is 1. The molecule has 4 aromatic rings. The molecule has 1 aromatic heterocycles. The van der Waals surface area contributed by atoms with Crippen molar-refractivity contribution in [2.45, 2.75) is 12.6 Å². The molecule has 1 aliphatic rings. The lowest BCUT2D eigenvalue weighted by atomic mass is 9.89. The van der Waals surface area contributed by atoms with E-state index in [2.05, 4.69) is 15.3 Å². The van der Waals surface area contributed by atoms with Crippen LogP contribution >= 0.6 is 11.3 Å². The van der Waals surface area contributed by atoms with Crippen molar-refractivity contribution in [1.82, 2.24) is 4.98 Å². The van der Waals surface area contributed by atoms with E-state index in [1.54, 1.807) is 24.8 Å². The standard InChI is InChI=1S/C25H24N4O3S/c1-16-11-17(3-8-23(16)32-19-5-7-22-24(13-19)33-15-28-22)25(26)20-12-18(31-10-9-30-2)4-6-21(20)27-14-29-25/h3-8,11-15H,9-10,26H2,1-2H3,(H,27,29). The maximum atomic E-state index is 6.87. The maximum Gasteiger partial charge on any atom is 0.163 e. The minimum absolute atomic E-state index is 0.460. The first kappa shape index (κ1) is 21.4. The van der Waals surface area contributed by atoms with E-state index in [9.17, 15) is 0 Å². The van der Waals surface area contributed by atoms with Crippen LogP contribution in [0.4, 0.5) is 5.69 Å². The summed E-state index contributed by atoms with van der Waals surface area (Å²) < 4.78 is 18.1. The molecule has 7 nitrogen and oxygen atoms in total. The molecule has 5 rings (SSSR count). The number of benzene rings is 3. The quantitative estimate of drug-likeness (QED) is 0.376. The molecule has 8 heteroatoms. The SMILES string of the molecule is COCCOc1ccc2c(c1)C(N)(c1ccc(Oc3ccc4ncsc4c3)c(C)c1)N=CN2. The second-order valence-electron chi connectivity index (χ2n) is 7.78. The average Bonchev–Trinajstić information content (AvgIpc) is 3.29. The molecule has 1 unspecified atom stereocenters. The second kappa shape index (κ2) is 8.82. The number of hydrogen-bond acceptors (Lipinski definition) is 8. The molecule has 0 fully saturated rings. The van der Waals surface area contributed by atoms with Gasteiger partial charge in [0, 0.05) is 24.4 Å². The van der Waals surface area contributed by atoms with Crippen molar-refractivity contribution in [2.75, 3.05) is 25.6 Å². The summed E-state index contributed by atoms with van der Waals surface area (Å²) in [4.78, 5) is 8.92. The summed E-state index contributed by atoms with van der Waals surface area (Å²) in [5.74, 6) is 2.25. The fourth-order valence-corrected chi connectivity index (χ4v) is 4.53. The third kappa shape index (κ3) is 4.16. The zero-order chi connectivity index (χ0) is 22.8. The van der Waals surface area contributed by atoms with Gasteiger partial charge in [0.25, 0.3) is 0 Å². The number of aromatic nitrogens is 1. The highest BCUT2D eigenvalue weighted by Gasteiger charge is 2.34. The van der Waals surface area contributed by atoms with Gasteiger partial charge in [-0.15, -0.1) is 11.3 Å². The predicted octanol–water partition coefficient (Wildman–Crippen LogP) is 5.04. The van der Waals surface area contributed by atoms with Crippen LogP contribution in [0.25, 0.3) is 10.2 Å². The van der Waals surface area contributed by atoms with Gasteiger partial charge in [0.1, 0.15) is 23.9 Å². The molecular weight excluding hydrogens is 436 g/mol. The maximum absolute atomic E-state index is 6.87. The van der Waals surface area contributed by atoms with Crippen LogP contribution in [0.5, 0.6) is 17.2 Å². The Morgan fingerprint density at radius 2 is 1.91 bits per heavy atom. The number of hydrogen-bond donors (Lipinski definition) is 2. The topological polar surface area (TPSA) is 91.0 Å². The van der Waals surface area contributed by atoms with E-state index >= 15 is 0 Å². The number of ether oxygens (including phenoxy) is 3. The Morgan fingerprint density at radius 3 is 2.76 bits per heavy atom. The lowest BCUT2D eigenvalue weighted by molar-refractivity contribution is 0.146. The summed E-state index contributed by atoms with van der Waals surface area (Å²) in [5, 5.41) is 3.17. The summed E-state index contributed by atoms with van der Waals surface area (Å²) in [6, 6.07) is 17.6. The van der Waals surface area contributed by atoms with Crippen molar-refractivity contribution in [1.29, 1.82) is 0 Å². The zero-order valence-electron chi connectivity index (χ0n) is 18.4. The molecule has 0 saturated carbocycles. The highest BCUT2D eigenvalue weighted by molar-refractivity contribution is 7.16. The number of aryl methyl sites for hydroxylation is 1. The molecule has 0 radical (unpaired) electrons. The Labute approximate surface area is 195 Å². The van der Waals surface area contributed by atoms with Crippen molar-refractivity contribution >= 4 is 33.6 Å². The molecule has 0 aliphatic carbocycles. The average molecular weight is 461 g/mol. The van der Waals surface area contributed by atoms with Crippen LogP contribution in [-0.2, 0) is 10.4 Å². The number of nitrogens with two attached hydrogens (primary N) is 1. The van der Waals surface area contributed by atoms with Crippen LogP contribution in [0.15, 0.2) is 65.1 Å². The van der Waals surface area contributed by atoms with Gasteiger partial charge in [0.05, 0.1) is 28.7 Å². The fourth-order valence-electron chi connectivity index (χ4n) is 3.83. The molecule has 2 heterocycles. The molecule has 0 amide bonds. The van der Waals surface area contributed by atoms with E-state index in [1.165, 1.54) is 0 Å². The normalized spacial score (nSPS) is 16.9. The molecule has 33 heavy (non-hydrogen) atoms. The van der Waals surface area contributed by atoms with Crippen LogP contribution in [0.3, 0.4) is 0 Å². The van der Waals surface area contributed by atoms with Crippen LogP contribution in [0, 0.1) is 6.92 Å². The van der Waals surface area contributed by atoms with Crippen molar-refractivity contribution in [2.24, 2.45) is 10.7 Å². The minimum atomic E-state index is -1.05. The van der Waals surface area contributed by atoms with Gasteiger partial charge in [0.2, 0.25) is 0 Å². The van der Waals surface area contributed by atoms with Gasteiger partial charge in [-0.1, -0.05) is 6.07 Å². The highest BCUT2D eigenvalue weighted by Crippen LogP contribution is 2.39. The van der Waals surface area contributed by atoms with Gasteiger partial charge in [-0.3, -0.25) is 5.73 Å². The molecule has 1 aliphatic heterocycles. The molecule has 3 N–H and O–H groups in total. The molecule has 168 valence electrons. The van der Waals surface area contributed by atoms with E-state index in [-0.39, 0.29) is 0 Å². The van der Waals surface area contributed by atoms with Gasteiger partial charge in [-0.05, 0) is 60.5 Å². The summed E-state index contributed by atoms with van der Waals surface area (Å²) in [7, 11) is 1.65. The van der Waals surface area contributed by atoms with Crippen LogP contribution < -0.4 is 20.5 Å². The first-order chi connectivity index (χ1) is 16.1. The molecule has 0 bridgehead atoms. The van der Waals surface area contributed by atoms with Gasteiger partial charge < -0.3 is 19.5 Å². The van der Waals surface area contributed by atoms with Gasteiger partial charge in [-0.2, -0.15) is 0 Å². The van der Waals surface area contributed by atoms with Crippen LogP contribution in [-0.4, -0.2) is 31.6 Å². The minimum Gasteiger partial charge on any atom is -0.491 e. The van der Waals surface area contributed by atoms with E-state index in [1.807, 2.05) is 67.0 Å². The fraction of sp³-hybridized carbons (Fsp3) is 0.200. The molecular formula is C25H24N4O3S. The van der Waals surface area contributed by atoms with Gasteiger partial charge >= 0.3 is 0 Å². The van der Waals surface area contributed by atoms with Crippen molar-refractivity contribution in [3.63, 3.8) is 0 Å². The summed E-state index contributed by atoms with van der Waals surface area (Å²) >= 11 is 1.59. The second-order valence-corrected chi connectivity index (χ2v) is 8.67. The number of anilines is 1. The first-order valence-corrected chi connectivity index (χ1v) is 11.4. The highest BCUT2D eigenvalue weighted by atomic mass is 32.1.